The van der Waals surface area contributed by atoms with Crippen LogP contribution in [0.15, 0.2) is 36.4 Å². The van der Waals surface area contributed by atoms with Gasteiger partial charge in [0.05, 0.1) is 12.1 Å². The summed E-state index contributed by atoms with van der Waals surface area (Å²) < 4.78 is 5.38. The fourth-order valence-electron chi connectivity index (χ4n) is 3.92. The Hall–Kier alpha value is -3.02. The molecule has 2 aromatic carbocycles. The van der Waals surface area contributed by atoms with Gasteiger partial charge in [0.1, 0.15) is 5.75 Å². The van der Waals surface area contributed by atoms with Gasteiger partial charge in [0.15, 0.2) is 6.61 Å². The molecule has 0 aliphatic carbocycles. The molecule has 0 radical (unpaired) electrons. The van der Waals surface area contributed by atoms with Crippen LogP contribution in [0.2, 0.25) is 0 Å². The number of carbonyl (C=O) groups is 2. The molecule has 2 heterocycles. The Kier molecular flexibility index (Phi) is 5.43. The van der Waals surface area contributed by atoms with Crippen LogP contribution in [0.1, 0.15) is 29.5 Å². The number of nitrogens with one attached hydrogen (secondary N) is 2. The number of hydrogen-bond acceptors (Lipinski definition) is 4. The third-order valence-electron chi connectivity index (χ3n) is 5.68. The summed E-state index contributed by atoms with van der Waals surface area (Å²) in [5.74, 6) is 0.591. The van der Waals surface area contributed by atoms with Gasteiger partial charge in [-0.15, -0.1) is 0 Å². The number of ether oxygens (including phenoxy) is 1. The highest BCUT2D eigenvalue weighted by Crippen LogP contribution is 2.29. The fourth-order valence-corrected chi connectivity index (χ4v) is 3.92. The van der Waals surface area contributed by atoms with Gasteiger partial charge in [-0.3, -0.25) is 9.59 Å². The SMILES string of the molecule is Cc1ccc(N[C@H]2CCCN(C(=O)Cc3ccc4c(c3)NC(=O)CO4)C2)cc1C. The number of aryl methyl sites for hydroxylation is 2. The van der Waals surface area contributed by atoms with Crippen LogP contribution in [0.3, 0.4) is 0 Å². The maximum absolute atomic E-state index is 12.9. The van der Waals surface area contributed by atoms with Crippen molar-refractivity contribution in [2.24, 2.45) is 0 Å². The van der Waals surface area contributed by atoms with Crippen LogP contribution in [0.25, 0.3) is 0 Å². The highest BCUT2D eigenvalue weighted by Gasteiger charge is 2.24. The van der Waals surface area contributed by atoms with E-state index in [9.17, 15) is 9.59 Å². The predicted molar refractivity (Wildman–Crippen MR) is 113 cm³/mol. The average molecular weight is 393 g/mol. The van der Waals surface area contributed by atoms with Crippen molar-refractivity contribution in [1.82, 2.24) is 4.90 Å². The molecule has 152 valence electrons. The molecule has 0 unspecified atom stereocenters. The van der Waals surface area contributed by atoms with E-state index in [4.69, 9.17) is 4.74 Å². The minimum Gasteiger partial charge on any atom is -0.482 e. The molecule has 29 heavy (non-hydrogen) atoms. The summed E-state index contributed by atoms with van der Waals surface area (Å²) in [6, 6.07) is 12.2. The zero-order valence-electron chi connectivity index (χ0n) is 17.0. The molecule has 1 atom stereocenters. The molecule has 0 saturated carbocycles. The van der Waals surface area contributed by atoms with E-state index < -0.39 is 0 Å². The van der Waals surface area contributed by atoms with E-state index in [1.165, 1.54) is 11.1 Å². The summed E-state index contributed by atoms with van der Waals surface area (Å²) in [5.41, 5.74) is 5.17. The second kappa shape index (κ2) is 8.15. The van der Waals surface area contributed by atoms with Crippen molar-refractivity contribution >= 4 is 23.2 Å². The molecule has 2 aliphatic heterocycles. The van der Waals surface area contributed by atoms with Gasteiger partial charge in [0.2, 0.25) is 5.91 Å². The van der Waals surface area contributed by atoms with Crippen molar-refractivity contribution in [3.05, 3.63) is 53.1 Å². The number of fused-ring (bicyclic) bond motifs is 1. The second-order valence-corrected chi connectivity index (χ2v) is 7.97. The van der Waals surface area contributed by atoms with Gasteiger partial charge in [-0.1, -0.05) is 12.1 Å². The number of nitrogens with zero attached hydrogens (tertiary/aromatic N) is 1. The Balaban J connectivity index is 1.38. The number of piperidine rings is 1. The molecule has 0 spiro atoms. The minimum absolute atomic E-state index is 0.0357. The van der Waals surface area contributed by atoms with Gasteiger partial charge >= 0.3 is 0 Å². The van der Waals surface area contributed by atoms with Crippen molar-refractivity contribution in [2.75, 3.05) is 30.3 Å². The van der Waals surface area contributed by atoms with Gasteiger partial charge in [-0.2, -0.15) is 0 Å². The first kappa shape index (κ1) is 19.3. The highest BCUT2D eigenvalue weighted by atomic mass is 16.5. The van der Waals surface area contributed by atoms with Gasteiger partial charge in [0.25, 0.3) is 5.91 Å². The Bertz CT molecular complexity index is 941. The molecule has 2 N–H and O–H groups in total. The monoisotopic (exact) mass is 393 g/mol. The topological polar surface area (TPSA) is 70.7 Å². The maximum atomic E-state index is 12.9. The second-order valence-electron chi connectivity index (χ2n) is 7.97. The summed E-state index contributed by atoms with van der Waals surface area (Å²) in [5, 5.41) is 6.38. The quantitative estimate of drug-likeness (QED) is 0.836. The molecule has 2 aliphatic rings. The zero-order valence-corrected chi connectivity index (χ0v) is 17.0. The predicted octanol–water partition coefficient (Wildman–Crippen LogP) is 3.28. The van der Waals surface area contributed by atoms with Crippen molar-refractivity contribution in [3.8, 4) is 5.75 Å². The highest BCUT2D eigenvalue weighted by molar-refractivity contribution is 5.95. The first-order chi connectivity index (χ1) is 14.0. The zero-order chi connectivity index (χ0) is 20.4. The average Bonchev–Trinajstić information content (AvgIpc) is 2.70. The van der Waals surface area contributed by atoms with Crippen molar-refractivity contribution in [1.29, 1.82) is 0 Å². The number of carbonyl (C=O) groups excluding carboxylic acids is 2. The van der Waals surface area contributed by atoms with E-state index in [1.54, 1.807) is 0 Å². The summed E-state index contributed by atoms with van der Waals surface area (Å²) in [4.78, 5) is 26.3. The van der Waals surface area contributed by atoms with Crippen LogP contribution >= 0.6 is 0 Å². The van der Waals surface area contributed by atoms with Crippen LogP contribution in [-0.4, -0.2) is 42.5 Å². The Morgan fingerprint density at radius 2 is 2.07 bits per heavy atom. The van der Waals surface area contributed by atoms with Crippen molar-refractivity contribution in [3.63, 3.8) is 0 Å². The molecule has 4 rings (SSSR count). The first-order valence-corrected chi connectivity index (χ1v) is 10.1. The molecule has 2 aromatic rings. The molecule has 2 amide bonds. The number of amides is 2. The Morgan fingerprint density at radius 1 is 1.21 bits per heavy atom. The summed E-state index contributed by atoms with van der Waals surface area (Å²) >= 11 is 0. The largest absolute Gasteiger partial charge is 0.482 e. The van der Waals surface area contributed by atoms with Gasteiger partial charge < -0.3 is 20.3 Å². The normalized spacial score (nSPS) is 18.5. The van der Waals surface area contributed by atoms with Crippen LogP contribution in [0, 0.1) is 13.8 Å². The summed E-state index contributed by atoms with van der Waals surface area (Å²) in [7, 11) is 0. The van der Waals surface area contributed by atoms with E-state index in [0.29, 0.717) is 24.4 Å². The molecule has 0 bridgehead atoms. The lowest BCUT2D eigenvalue weighted by molar-refractivity contribution is -0.131. The van der Waals surface area contributed by atoms with E-state index in [0.717, 1.165) is 30.6 Å². The summed E-state index contributed by atoms with van der Waals surface area (Å²) in [6.07, 6.45) is 2.36. The van der Waals surface area contributed by atoms with Crippen LogP contribution in [0.5, 0.6) is 5.75 Å². The summed E-state index contributed by atoms with van der Waals surface area (Å²) in [6.45, 7) is 5.75. The number of hydrogen-bond donors (Lipinski definition) is 2. The van der Waals surface area contributed by atoms with Crippen molar-refractivity contribution in [2.45, 2.75) is 39.2 Å². The number of anilines is 2. The fraction of sp³-hybridized carbons (Fsp3) is 0.391. The standard InChI is InChI=1S/C23H27N3O3/c1-15-5-7-18(10-16(15)2)24-19-4-3-9-26(13-19)23(28)12-17-6-8-21-20(11-17)25-22(27)14-29-21/h5-8,10-11,19,24H,3-4,9,12-14H2,1-2H3,(H,25,27)/t19-/m0/s1. The van der Waals surface area contributed by atoms with Crippen LogP contribution in [0.4, 0.5) is 11.4 Å². The van der Waals surface area contributed by atoms with Gasteiger partial charge in [-0.05, 0) is 67.6 Å². The third-order valence-corrected chi connectivity index (χ3v) is 5.68. The number of likely N-dealkylation sites (tertiary alicyclic amines) is 1. The Morgan fingerprint density at radius 3 is 2.90 bits per heavy atom. The van der Waals surface area contributed by atoms with E-state index in [-0.39, 0.29) is 24.5 Å². The van der Waals surface area contributed by atoms with Crippen molar-refractivity contribution < 1.29 is 14.3 Å². The molecule has 1 fully saturated rings. The van der Waals surface area contributed by atoms with Crippen LogP contribution < -0.4 is 15.4 Å². The van der Waals surface area contributed by atoms with E-state index in [1.807, 2.05) is 23.1 Å². The molecular formula is C23H27N3O3. The molecule has 6 heteroatoms. The molecule has 0 aromatic heterocycles. The van der Waals surface area contributed by atoms with Gasteiger partial charge in [0, 0.05) is 24.8 Å². The van der Waals surface area contributed by atoms with Gasteiger partial charge in [-0.25, -0.2) is 0 Å². The number of rotatable bonds is 4. The number of benzene rings is 2. The minimum atomic E-state index is -0.169. The molecule has 1 saturated heterocycles. The lowest BCUT2D eigenvalue weighted by Gasteiger charge is -2.34. The lowest BCUT2D eigenvalue weighted by atomic mass is 10.0. The maximum Gasteiger partial charge on any atom is 0.262 e. The lowest BCUT2D eigenvalue weighted by Crippen LogP contribution is -2.45. The third kappa shape index (κ3) is 4.53. The van der Waals surface area contributed by atoms with E-state index >= 15 is 0 Å². The molecular weight excluding hydrogens is 366 g/mol. The molecule has 6 nitrogen and oxygen atoms in total. The van der Waals surface area contributed by atoms with E-state index in [2.05, 4.69) is 42.7 Å². The smallest absolute Gasteiger partial charge is 0.262 e. The Labute approximate surface area is 171 Å². The first-order valence-electron chi connectivity index (χ1n) is 10.1. The van der Waals surface area contributed by atoms with Crippen LogP contribution in [-0.2, 0) is 16.0 Å².